The summed E-state index contributed by atoms with van der Waals surface area (Å²) in [5.41, 5.74) is 8.77. The minimum atomic E-state index is 0.415. The van der Waals surface area contributed by atoms with Gasteiger partial charge in [0.15, 0.2) is 0 Å². The normalized spacial score (nSPS) is 10.2. The van der Waals surface area contributed by atoms with E-state index in [1.807, 2.05) is 49.5 Å². The Bertz CT molecular complexity index is 598. The molecule has 0 aromatic heterocycles. The van der Waals surface area contributed by atoms with Crippen molar-refractivity contribution < 1.29 is 0 Å². The van der Waals surface area contributed by atoms with Crippen molar-refractivity contribution >= 4 is 34.5 Å². The second-order valence-corrected chi connectivity index (χ2v) is 5.28. The summed E-state index contributed by atoms with van der Waals surface area (Å²) in [6.45, 7) is 0.779. The molecule has 0 aliphatic carbocycles. The zero-order valence-corrected chi connectivity index (χ0v) is 12.2. The van der Waals surface area contributed by atoms with Gasteiger partial charge in [0.2, 0.25) is 0 Å². The molecule has 19 heavy (non-hydrogen) atoms. The molecule has 4 heteroatoms. The molecule has 0 bridgehead atoms. The first-order valence-corrected chi connectivity index (χ1v) is 6.70. The summed E-state index contributed by atoms with van der Waals surface area (Å²) in [5.74, 6) is 0. The van der Waals surface area contributed by atoms with Crippen molar-refractivity contribution in [3.8, 4) is 0 Å². The number of halogens is 1. The summed E-state index contributed by atoms with van der Waals surface area (Å²) >= 11 is 11.0. The monoisotopic (exact) mass is 290 g/mol. The Hall–Kier alpha value is -1.58. The van der Waals surface area contributed by atoms with Crippen LogP contribution in [0.1, 0.15) is 11.1 Å². The molecule has 2 aromatic rings. The van der Waals surface area contributed by atoms with Crippen LogP contribution in [0.4, 0.5) is 5.69 Å². The Kier molecular flexibility index (Phi) is 4.40. The van der Waals surface area contributed by atoms with Crippen molar-refractivity contribution in [2.24, 2.45) is 5.73 Å². The highest BCUT2D eigenvalue weighted by Gasteiger charge is 2.04. The number of nitrogens with two attached hydrogens (primary N) is 1. The molecule has 0 unspecified atom stereocenters. The molecule has 0 saturated carbocycles. The number of rotatable bonds is 4. The molecule has 2 N–H and O–H groups in total. The van der Waals surface area contributed by atoms with Gasteiger partial charge in [-0.05, 0) is 29.8 Å². The van der Waals surface area contributed by atoms with Gasteiger partial charge in [-0.2, -0.15) is 0 Å². The molecule has 2 rings (SSSR count). The van der Waals surface area contributed by atoms with Crippen LogP contribution in [0.5, 0.6) is 0 Å². The number of hydrogen-bond donors (Lipinski definition) is 1. The minimum absolute atomic E-state index is 0.415. The zero-order chi connectivity index (χ0) is 13.8. The van der Waals surface area contributed by atoms with Gasteiger partial charge in [-0.25, -0.2) is 0 Å². The molecule has 98 valence electrons. The van der Waals surface area contributed by atoms with Crippen LogP contribution in [0.2, 0.25) is 5.02 Å². The second kappa shape index (κ2) is 6.04. The smallest absolute Gasteiger partial charge is 0.104 e. The van der Waals surface area contributed by atoms with Gasteiger partial charge in [0, 0.05) is 29.9 Å². The van der Waals surface area contributed by atoms with Gasteiger partial charge < -0.3 is 10.6 Å². The van der Waals surface area contributed by atoms with E-state index in [1.165, 1.54) is 0 Å². The van der Waals surface area contributed by atoms with Crippen LogP contribution in [-0.2, 0) is 6.54 Å². The number of anilines is 1. The third-order valence-electron chi connectivity index (χ3n) is 2.88. The fourth-order valence-corrected chi connectivity index (χ4v) is 2.24. The van der Waals surface area contributed by atoms with E-state index in [1.54, 1.807) is 0 Å². The molecule has 0 aliphatic rings. The molecule has 0 fully saturated rings. The van der Waals surface area contributed by atoms with Crippen LogP contribution in [0.15, 0.2) is 48.5 Å². The van der Waals surface area contributed by atoms with Gasteiger partial charge in [-0.3, -0.25) is 0 Å². The SMILES string of the molecule is CN(Cc1cccc(Cl)c1)c1cccc(C(N)=S)c1. The highest BCUT2D eigenvalue weighted by Crippen LogP contribution is 2.19. The lowest BCUT2D eigenvalue weighted by atomic mass is 10.1. The Labute approximate surface area is 123 Å². The Morgan fingerprint density at radius 1 is 1.21 bits per heavy atom. The van der Waals surface area contributed by atoms with Gasteiger partial charge in [-0.1, -0.05) is 48.1 Å². The van der Waals surface area contributed by atoms with Crippen molar-refractivity contribution in [1.29, 1.82) is 0 Å². The fourth-order valence-electron chi connectivity index (χ4n) is 1.90. The van der Waals surface area contributed by atoms with E-state index in [0.717, 1.165) is 28.4 Å². The summed E-state index contributed by atoms with van der Waals surface area (Å²) in [6.07, 6.45) is 0. The average molecular weight is 291 g/mol. The highest BCUT2D eigenvalue weighted by molar-refractivity contribution is 7.80. The van der Waals surface area contributed by atoms with Crippen molar-refractivity contribution in [3.63, 3.8) is 0 Å². The second-order valence-electron chi connectivity index (χ2n) is 4.40. The predicted octanol–water partition coefficient (Wildman–Crippen LogP) is 3.61. The molecule has 0 aliphatic heterocycles. The van der Waals surface area contributed by atoms with Crippen molar-refractivity contribution in [3.05, 3.63) is 64.7 Å². The number of thiocarbonyl (C=S) groups is 1. The van der Waals surface area contributed by atoms with E-state index in [0.29, 0.717) is 4.99 Å². The Morgan fingerprint density at radius 2 is 1.95 bits per heavy atom. The van der Waals surface area contributed by atoms with E-state index in [2.05, 4.69) is 11.0 Å². The molecule has 2 aromatic carbocycles. The summed E-state index contributed by atoms with van der Waals surface area (Å²) in [7, 11) is 2.03. The molecule has 0 amide bonds. The summed E-state index contributed by atoms with van der Waals surface area (Å²) < 4.78 is 0. The van der Waals surface area contributed by atoms with Gasteiger partial charge in [-0.15, -0.1) is 0 Å². The molecular weight excluding hydrogens is 276 g/mol. The lowest BCUT2D eigenvalue weighted by molar-refractivity contribution is 0.923. The number of nitrogens with zero attached hydrogens (tertiary/aromatic N) is 1. The molecular formula is C15H15ClN2S. The van der Waals surface area contributed by atoms with E-state index in [-0.39, 0.29) is 0 Å². The molecule has 0 radical (unpaired) electrons. The molecule has 0 atom stereocenters. The van der Waals surface area contributed by atoms with Crippen LogP contribution in [0.3, 0.4) is 0 Å². The lowest BCUT2D eigenvalue weighted by Crippen LogP contribution is -2.17. The third-order valence-corrected chi connectivity index (χ3v) is 3.35. The Morgan fingerprint density at radius 3 is 2.63 bits per heavy atom. The topological polar surface area (TPSA) is 29.3 Å². The van der Waals surface area contributed by atoms with Crippen LogP contribution in [0.25, 0.3) is 0 Å². The molecule has 2 nitrogen and oxygen atoms in total. The van der Waals surface area contributed by atoms with Crippen LogP contribution in [0, 0.1) is 0 Å². The number of benzene rings is 2. The first-order chi connectivity index (χ1) is 9.06. The fraction of sp³-hybridized carbons (Fsp3) is 0.133. The molecule has 0 heterocycles. The van der Waals surface area contributed by atoms with Crippen molar-refractivity contribution in [1.82, 2.24) is 0 Å². The van der Waals surface area contributed by atoms with Crippen molar-refractivity contribution in [2.75, 3.05) is 11.9 Å². The first kappa shape index (κ1) is 13.8. The summed E-state index contributed by atoms with van der Waals surface area (Å²) in [4.78, 5) is 2.55. The van der Waals surface area contributed by atoms with E-state index < -0.39 is 0 Å². The average Bonchev–Trinajstić information content (AvgIpc) is 2.39. The highest BCUT2D eigenvalue weighted by atomic mass is 35.5. The maximum Gasteiger partial charge on any atom is 0.104 e. The van der Waals surface area contributed by atoms with Gasteiger partial charge >= 0.3 is 0 Å². The summed E-state index contributed by atoms with van der Waals surface area (Å²) in [5, 5.41) is 0.753. The number of hydrogen-bond acceptors (Lipinski definition) is 2. The quantitative estimate of drug-likeness (QED) is 0.872. The standard InChI is InChI=1S/C15H15ClN2S/c1-18(10-11-4-2-6-13(16)8-11)14-7-3-5-12(9-14)15(17)19/h2-9H,10H2,1H3,(H2,17,19). The maximum absolute atomic E-state index is 5.99. The zero-order valence-electron chi connectivity index (χ0n) is 10.6. The largest absolute Gasteiger partial charge is 0.389 e. The lowest BCUT2D eigenvalue weighted by Gasteiger charge is -2.20. The van der Waals surface area contributed by atoms with Crippen LogP contribution >= 0.6 is 23.8 Å². The minimum Gasteiger partial charge on any atom is -0.389 e. The van der Waals surface area contributed by atoms with Gasteiger partial charge in [0.25, 0.3) is 0 Å². The van der Waals surface area contributed by atoms with Crippen LogP contribution in [-0.4, -0.2) is 12.0 Å². The third kappa shape index (κ3) is 3.69. The van der Waals surface area contributed by atoms with E-state index in [9.17, 15) is 0 Å². The summed E-state index contributed by atoms with van der Waals surface area (Å²) in [6, 6.07) is 15.8. The van der Waals surface area contributed by atoms with E-state index >= 15 is 0 Å². The Balaban J connectivity index is 2.18. The van der Waals surface area contributed by atoms with Crippen LogP contribution < -0.4 is 10.6 Å². The molecule has 0 spiro atoms. The molecule has 0 saturated heterocycles. The maximum atomic E-state index is 5.99. The van der Waals surface area contributed by atoms with Gasteiger partial charge in [0.1, 0.15) is 4.99 Å². The van der Waals surface area contributed by atoms with Crippen molar-refractivity contribution in [2.45, 2.75) is 6.54 Å². The van der Waals surface area contributed by atoms with E-state index in [4.69, 9.17) is 29.6 Å². The first-order valence-electron chi connectivity index (χ1n) is 5.92. The predicted molar refractivity (Wildman–Crippen MR) is 85.9 cm³/mol. The van der Waals surface area contributed by atoms with Gasteiger partial charge in [0.05, 0.1) is 0 Å².